The van der Waals surface area contributed by atoms with Crippen molar-refractivity contribution in [3.8, 4) is 10.4 Å². The molecule has 5 nitrogen and oxygen atoms in total. The Labute approximate surface area is 149 Å². The first-order valence-corrected chi connectivity index (χ1v) is 8.52. The van der Waals surface area contributed by atoms with Crippen LogP contribution in [0.5, 0.6) is 0 Å². The number of anilines is 1. The summed E-state index contributed by atoms with van der Waals surface area (Å²) in [5.41, 5.74) is 3.30. The van der Waals surface area contributed by atoms with Crippen LogP contribution in [-0.2, 0) is 0 Å². The van der Waals surface area contributed by atoms with Crippen LogP contribution in [0.15, 0.2) is 60.0 Å². The van der Waals surface area contributed by atoms with E-state index in [0.717, 1.165) is 21.7 Å². The number of nitrogens with zero attached hydrogens (tertiary/aromatic N) is 2. The summed E-state index contributed by atoms with van der Waals surface area (Å²) >= 11 is 1.45. The van der Waals surface area contributed by atoms with Crippen LogP contribution in [-0.4, -0.2) is 17.9 Å². The van der Waals surface area contributed by atoms with Gasteiger partial charge in [0, 0.05) is 35.0 Å². The van der Waals surface area contributed by atoms with Gasteiger partial charge in [-0.05, 0) is 30.7 Å². The Morgan fingerprint density at radius 2 is 1.84 bits per heavy atom. The largest absolute Gasteiger partial charge is 0.311 e. The van der Waals surface area contributed by atoms with Crippen molar-refractivity contribution in [2.45, 2.75) is 6.92 Å². The molecule has 126 valence electrons. The SMILES string of the molecule is Cc1ccc(C(=O)N(C)c2csc(-c3cccc([N+](=O)[O-])c3)c2)cc1. The monoisotopic (exact) mass is 352 g/mol. The number of amides is 1. The molecule has 0 radical (unpaired) electrons. The van der Waals surface area contributed by atoms with E-state index in [1.165, 1.54) is 23.5 Å². The van der Waals surface area contributed by atoms with Gasteiger partial charge in [0.1, 0.15) is 0 Å². The molecule has 3 rings (SSSR count). The summed E-state index contributed by atoms with van der Waals surface area (Å²) in [6, 6.07) is 15.8. The Kier molecular flexibility index (Phi) is 4.63. The fourth-order valence-corrected chi connectivity index (χ4v) is 3.36. The highest BCUT2D eigenvalue weighted by Gasteiger charge is 2.16. The van der Waals surface area contributed by atoms with Gasteiger partial charge < -0.3 is 4.90 Å². The maximum atomic E-state index is 12.6. The lowest BCUT2D eigenvalue weighted by atomic mass is 10.1. The molecule has 0 aliphatic heterocycles. The molecule has 6 heteroatoms. The number of rotatable bonds is 4. The Morgan fingerprint density at radius 1 is 1.12 bits per heavy atom. The van der Waals surface area contributed by atoms with E-state index in [2.05, 4.69) is 0 Å². The first-order valence-electron chi connectivity index (χ1n) is 7.64. The molecule has 0 saturated carbocycles. The van der Waals surface area contributed by atoms with Crippen LogP contribution in [0.2, 0.25) is 0 Å². The number of thiophene rings is 1. The van der Waals surface area contributed by atoms with Crippen LogP contribution in [0.3, 0.4) is 0 Å². The second-order valence-corrected chi connectivity index (χ2v) is 6.62. The minimum absolute atomic E-state index is 0.0523. The number of hydrogen-bond acceptors (Lipinski definition) is 4. The number of nitro benzene ring substituents is 1. The van der Waals surface area contributed by atoms with Crippen molar-refractivity contribution in [3.63, 3.8) is 0 Å². The summed E-state index contributed by atoms with van der Waals surface area (Å²) in [4.78, 5) is 25.6. The third kappa shape index (κ3) is 3.59. The van der Waals surface area contributed by atoms with E-state index in [0.29, 0.717) is 5.56 Å². The van der Waals surface area contributed by atoms with Crippen molar-refractivity contribution in [1.29, 1.82) is 0 Å². The van der Waals surface area contributed by atoms with Gasteiger partial charge in [-0.15, -0.1) is 11.3 Å². The highest BCUT2D eigenvalue weighted by molar-refractivity contribution is 7.14. The lowest BCUT2D eigenvalue weighted by Gasteiger charge is -2.15. The molecule has 0 bridgehead atoms. The predicted molar refractivity (Wildman–Crippen MR) is 100 cm³/mol. The summed E-state index contributed by atoms with van der Waals surface area (Å²) < 4.78 is 0. The van der Waals surface area contributed by atoms with Gasteiger partial charge in [0.05, 0.1) is 10.6 Å². The smallest absolute Gasteiger partial charge is 0.270 e. The van der Waals surface area contributed by atoms with E-state index in [-0.39, 0.29) is 11.6 Å². The molecule has 0 saturated heterocycles. The Balaban J connectivity index is 1.85. The minimum Gasteiger partial charge on any atom is -0.311 e. The molecule has 0 fully saturated rings. The molecule has 0 spiro atoms. The summed E-state index contributed by atoms with van der Waals surface area (Å²) in [5.74, 6) is -0.0941. The van der Waals surface area contributed by atoms with E-state index in [9.17, 15) is 14.9 Å². The molecular weight excluding hydrogens is 336 g/mol. The number of aryl methyl sites for hydroxylation is 1. The quantitative estimate of drug-likeness (QED) is 0.495. The van der Waals surface area contributed by atoms with E-state index in [1.807, 2.05) is 48.7 Å². The first kappa shape index (κ1) is 16.9. The minimum atomic E-state index is -0.412. The Bertz CT molecular complexity index is 932. The van der Waals surface area contributed by atoms with Crippen molar-refractivity contribution in [1.82, 2.24) is 0 Å². The fourth-order valence-electron chi connectivity index (χ4n) is 2.43. The van der Waals surface area contributed by atoms with E-state index >= 15 is 0 Å². The normalized spacial score (nSPS) is 10.5. The summed E-state index contributed by atoms with van der Waals surface area (Å²) in [6.07, 6.45) is 0. The van der Waals surface area contributed by atoms with Gasteiger partial charge >= 0.3 is 0 Å². The zero-order chi connectivity index (χ0) is 18.0. The highest BCUT2D eigenvalue weighted by atomic mass is 32.1. The van der Waals surface area contributed by atoms with Gasteiger partial charge in [-0.3, -0.25) is 14.9 Å². The molecule has 25 heavy (non-hydrogen) atoms. The van der Waals surface area contributed by atoms with Gasteiger partial charge in [0.15, 0.2) is 0 Å². The third-order valence-electron chi connectivity index (χ3n) is 3.92. The molecular formula is C19H16N2O3S. The topological polar surface area (TPSA) is 63.5 Å². The second kappa shape index (κ2) is 6.86. The van der Waals surface area contributed by atoms with Crippen LogP contribution in [0.4, 0.5) is 11.4 Å². The Hall–Kier alpha value is -2.99. The Morgan fingerprint density at radius 3 is 2.52 bits per heavy atom. The maximum absolute atomic E-state index is 12.6. The van der Waals surface area contributed by atoms with Crippen LogP contribution in [0.25, 0.3) is 10.4 Å². The van der Waals surface area contributed by atoms with Crippen molar-refractivity contribution >= 4 is 28.6 Å². The first-order chi connectivity index (χ1) is 12.0. The molecule has 0 aliphatic carbocycles. The van der Waals surface area contributed by atoms with Gasteiger partial charge in [0.2, 0.25) is 0 Å². The lowest BCUT2D eigenvalue weighted by molar-refractivity contribution is -0.384. The van der Waals surface area contributed by atoms with Gasteiger partial charge in [-0.1, -0.05) is 29.8 Å². The summed E-state index contributed by atoms with van der Waals surface area (Å²) in [7, 11) is 1.72. The molecule has 0 unspecified atom stereocenters. The predicted octanol–water partition coefficient (Wildman–Crippen LogP) is 4.91. The van der Waals surface area contributed by atoms with E-state index in [1.54, 1.807) is 18.0 Å². The van der Waals surface area contributed by atoms with Crippen molar-refractivity contribution in [2.75, 3.05) is 11.9 Å². The molecule has 0 N–H and O–H groups in total. The number of hydrogen-bond donors (Lipinski definition) is 0. The standard InChI is InChI=1S/C19H16N2O3S/c1-13-6-8-14(9-7-13)19(22)20(2)17-11-18(25-12-17)15-4-3-5-16(10-15)21(23)24/h3-12H,1-2H3. The van der Waals surface area contributed by atoms with E-state index < -0.39 is 4.92 Å². The van der Waals surface area contributed by atoms with Crippen LogP contribution in [0, 0.1) is 17.0 Å². The average molecular weight is 352 g/mol. The van der Waals surface area contributed by atoms with Gasteiger partial charge in [0.25, 0.3) is 11.6 Å². The lowest BCUT2D eigenvalue weighted by Crippen LogP contribution is -2.25. The van der Waals surface area contributed by atoms with Crippen molar-refractivity contribution in [3.05, 3.63) is 81.2 Å². The number of nitro groups is 1. The molecule has 3 aromatic rings. The summed E-state index contributed by atoms with van der Waals surface area (Å²) in [6.45, 7) is 1.97. The zero-order valence-corrected chi connectivity index (χ0v) is 14.6. The molecule has 0 aliphatic rings. The number of non-ortho nitro benzene ring substituents is 1. The van der Waals surface area contributed by atoms with Crippen LogP contribution in [0.1, 0.15) is 15.9 Å². The average Bonchev–Trinajstić information content (AvgIpc) is 3.11. The number of carbonyl (C=O) groups is 1. The number of benzene rings is 2. The van der Waals surface area contributed by atoms with Gasteiger partial charge in [-0.2, -0.15) is 0 Å². The van der Waals surface area contributed by atoms with Crippen LogP contribution < -0.4 is 4.90 Å². The molecule has 2 aromatic carbocycles. The van der Waals surface area contributed by atoms with Crippen molar-refractivity contribution in [2.24, 2.45) is 0 Å². The van der Waals surface area contributed by atoms with Gasteiger partial charge in [-0.25, -0.2) is 0 Å². The zero-order valence-electron chi connectivity index (χ0n) is 13.8. The van der Waals surface area contributed by atoms with Crippen molar-refractivity contribution < 1.29 is 9.72 Å². The molecule has 0 atom stereocenters. The maximum Gasteiger partial charge on any atom is 0.270 e. The molecule has 1 amide bonds. The second-order valence-electron chi connectivity index (χ2n) is 5.71. The fraction of sp³-hybridized carbons (Fsp3) is 0.105. The van der Waals surface area contributed by atoms with E-state index in [4.69, 9.17) is 0 Å². The summed E-state index contributed by atoms with van der Waals surface area (Å²) in [5, 5.41) is 12.8. The molecule has 1 heterocycles. The highest BCUT2D eigenvalue weighted by Crippen LogP contribution is 2.33. The van der Waals surface area contributed by atoms with Crippen LogP contribution >= 0.6 is 11.3 Å². The molecule has 1 aromatic heterocycles. The number of carbonyl (C=O) groups excluding carboxylic acids is 1. The third-order valence-corrected chi connectivity index (χ3v) is 4.88.